The first-order valence-corrected chi connectivity index (χ1v) is 3.03. The van der Waals surface area contributed by atoms with Gasteiger partial charge >= 0.3 is 0 Å². The first-order valence-electron chi connectivity index (χ1n) is 3.03. The molecule has 1 heterocycles. The molecule has 0 aliphatic carbocycles. The van der Waals surface area contributed by atoms with Crippen LogP contribution in [0.15, 0.2) is 0 Å². The van der Waals surface area contributed by atoms with Crippen LogP contribution in [0.1, 0.15) is 6.42 Å². The van der Waals surface area contributed by atoms with Gasteiger partial charge in [0.1, 0.15) is 0 Å². The maximum absolute atomic E-state index is 5.18. The molecule has 0 spiro atoms. The van der Waals surface area contributed by atoms with Gasteiger partial charge in [-0.25, -0.2) is 0 Å². The Morgan fingerprint density at radius 2 is 2.12 bits per heavy atom. The highest BCUT2D eigenvalue weighted by molar-refractivity contribution is 4.57. The van der Waals surface area contributed by atoms with Gasteiger partial charge in [0, 0.05) is 26.7 Å². The van der Waals surface area contributed by atoms with Gasteiger partial charge in [0.05, 0.1) is 6.61 Å². The lowest BCUT2D eigenvalue weighted by Crippen LogP contribution is -2.18. The second kappa shape index (κ2) is 3.05. The number of rotatable bonds is 0. The zero-order valence-corrected chi connectivity index (χ0v) is 5.10. The van der Waals surface area contributed by atoms with E-state index in [0.717, 1.165) is 32.7 Å². The zero-order chi connectivity index (χ0) is 5.82. The smallest absolute Gasteiger partial charge is 0.0593 e. The van der Waals surface area contributed by atoms with E-state index in [4.69, 9.17) is 4.74 Å². The Morgan fingerprint density at radius 3 is 3.00 bits per heavy atom. The summed E-state index contributed by atoms with van der Waals surface area (Å²) < 4.78 is 5.18. The van der Waals surface area contributed by atoms with Crippen LogP contribution in [0.4, 0.5) is 0 Å². The lowest BCUT2D eigenvalue weighted by atomic mass is 10.4. The topological polar surface area (TPSA) is 12.5 Å². The van der Waals surface area contributed by atoms with Crippen LogP contribution in [0.5, 0.6) is 0 Å². The van der Waals surface area contributed by atoms with Crippen molar-refractivity contribution in [1.82, 2.24) is 4.90 Å². The van der Waals surface area contributed by atoms with Gasteiger partial charge in [-0.3, -0.25) is 4.90 Å². The van der Waals surface area contributed by atoms with Gasteiger partial charge in [-0.15, -0.1) is 0 Å². The van der Waals surface area contributed by atoms with Crippen molar-refractivity contribution in [2.24, 2.45) is 0 Å². The first kappa shape index (κ1) is 6.05. The highest BCUT2D eigenvalue weighted by Crippen LogP contribution is 1.94. The summed E-state index contributed by atoms with van der Waals surface area (Å²) in [6.45, 7) is 3.83. The highest BCUT2D eigenvalue weighted by atomic mass is 16.5. The van der Waals surface area contributed by atoms with Crippen molar-refractivity contribution in [2.45, 2.75) is 6.42 Å². The Labute approximate surface area is 50.4 Å². The average Bonchev–Trinajstić information content (AvgIpc) is 1.94. The third-order valence-electron chi connectivity index (χ3n) is 1.31. The quantitative estimate of drug-likeness (QED) is 0.454. The number of hydrogen-bond donors (Lipinski definition) is 0. The van der Waals surface area contributed by atoms with Crippen molar-refractivity contribution in [3.8, 4) is 0 Å². The monoisotopic (exact) mass is 114 g/mol. The Balaban J connectivity index is 2.17. The van der Waals surface area contributed by atoms with E-state index < -0.39 is 0 Å². The molecule has 2 heteroatoms. The van der Waals surface area contributed by atoms with Gasteiger partial charge in [-0.1, -0.05) is 0 Å². The maximum atomic E-state index is 5.18. The molecule has 0 atom stereocenters. The van der Waals surface area contributed by atoms with Crippen molar-refractivity contribution >= 4 is 0 Å². The van der Waals surface area contributed by atoms with Gasteiger partial charge in [0.15, 0.2) is 0 Å². The summed E-state index contributed by atoms with van der Waals surface area (Å²) in [7, 11) is 3.81. The Kier molecular flexibility index (Phi) is 2.30. The molecule has 1 aliphatic rings. The van der Waals surface area contributed by atoms with Crippen LogP contribution in [0.3, 0.4) is 0 Å². The summed E-state index contributed by atoms with van der Waals surface area (Å²) in [5.41, 5.74) is 0. The molecule has 0 aromatic rings. The van der Waals surface area contributed by atoms with Crippen LogP contribution in [0.25, 0.3) is 0 Å². The molecule has 47 valence electrons. The van der Waals surface area contributed by atoms with Crippen LogP contribution in [0, 0.1) is 7.05 Å². The molecule has 1 radical (unpaired) electrons. The molecule has 0 amide bonds. The Hall–Kier alpha value is -0.0800. The van der Waals surface area contributed by atoms with Crippen LogP contribution in [-0.4, -0.2) is 31.2 Å². The molecular weight excluding hydrogens is 102 g/mol. The predicted octanol–water partition coefficient (Wildman–Crippen LogP) is 0.500. The highest BCUT2D eigenvalue weighted by Gasteiger charge is 2.01. The van der Waals surface area contributed by atoms with Crippen LogP contribution in [0.2, 0.25) is 0 Å². The summed E-state index contributed by atoms with van der Waals surface area (Å²) >= 11 is 0. The number of hydrogen-bond acceptors (Lipinski definition) is 2. The van der Waals surface area contributed by atoms with Gasteiger partial charge < -0.3 is 4.74 Å². The van der Waals surface area contributed by atoms with E-state index in [1.165, 1.54) is 0 Å². The Bertz CT molecular complexity index is 57.5. The van der Waals surface area contributed by atoms with Crippen LogP contribution in [-0.2, 0) is 4.74 Å². The molecule has 0 saturated carbocycles. The van der Waals surface area contributed by atoms with Gasteiger partial charge in [-0.05, 0) is 6.42 Å². The minimum absolute atomic E-state index is 0.851. The van der Waals surface area contributed by atoms with E-state index in [1.807, 2.05) is 4.90 Å². The van der Waals surface area contributed by atoms with E-state index >= 15 is 0 Å². The van der Waals surface area contributed by atoms with Crippen LogP contribution >= 0.6 is 0 Å². The van der Waals surface area contributed by atoms with Crippen molar-refractivity contribution < 1.29 is 4.74 Å². The number of nitrogens with zero attached hydrogens (tertiary/aromatic N) is 1. The van der Waals surface area contributed by atoms with Gasteiger partial charge in [-0.2, -0.15) is 0 Å². The minimum Gasteiger partial charge on any atom is -0.380 e. The lowest BCUT2D eigenvalue weighted by molar-refractivity contribution is 0.146. The number of ether oxygens (including phenoxy) is 1. The molecule has 0 aromatic carbocycles. The molecule has 1 saturated heterocycles. The summed E-state index contributed by atoms with van der Waals surface area (Å²) in [6, 6.07) is 0. The molecule has 1 aliphatic heterocycles. The molecule has 1 rings (SSSR count). The van der Waals surface area contributed by atoms with Gasteiger partial charge in [0.25, 0.3) is 0 Å². The fraction of sp³-hybridized carbons (Fsp3) is 0.833. The molecule has 0 bridgehead atoms. The zero-order valence-electron chi connectivity index (χ0n) is 5.10. The fourth-order valence-electron chi connectivity index (χ4n) is 0.798. The van der Waals surface area contributed by atoms with Crippen LogP contribution < -0.4 is 0 Å². The molecule has 8 heavy (non-hydrogen) atoms. The average molecular weight is 114 g/mol. The summed E-state index contributed by atoms with van der Waals surface area (Å²) in [6.07, 6.45) is 1.13. The molecule has 2 nitrogen and oxygen atoms in total. The van der Waals surface area contributed by atoms with E-state index in [-0.39, 0.29) is 0 Å². The van der Waals surface area contributed by atoms with Crippen molar-refractivity contribution in [3.05, 3.63) is 7.05 Å². The largest absolute Gasteiger partial charge is 0.380 e. The normalized spacial score (nSPS) is 25.1. The van der Waals surface area contributed by atoms with E-state index in [0.29, 0.717) is 0 Å². The fourth-order valence-corrected chi connectivity index (χ4v) is 0.798. The predicted molar refractivity (Wildman–Crippen MR) is 32.4 cm³/mol. The third-order valence-corrected chi connectivity index (χ3v) is 1.31. The maximum Gasteiger partial charge on any atom is 0.0593 e. The summed E-state index contributed by atoms with van der Waals surface area (Å²) in [4.78, 5) is 2.05. The SMILES string of the molecule is [CH2]N1CCCOCC1. The standard InChI is InChI=1S/C6H12NO/c1-7-3-2-5-8-6-4-7/h1-6H2. The van der Waals surface area contributed by atoms with Crippen molar-refractivity contribution in [3.63, 3.8) is 0 Å². The van der Waals surface area contributed by atoms with E-state index in [2.05, 4.69) is 7.05 Å². The summed E-state index contributed by atoms with van der Waals surface area (Å²) in [5.74, 6) is 0. The Morgan fingerprint density at radius 1 is 1.25 bits per heavy atom. The molecule has 0 N–H and O–H groups in total. The van der Waals surface area contributed by atoms with Crippen molar-refractivity contribution in [1.29, 1.82) is 0 Å². The third kappa shape index (κ3) is 1.80. The van der Waals surface area contributed by atoms with Gasteiger partial charge in [0.2, 0.25) is 0 Å². The lowest BCUT2D eigenvalue weighted by Gasteiger charge is -2.08. The first-order chi connectivity index (χ1) is 3.89. The van der Waals surface area contributed by atoms with E-state index in [9.17, 15) is 0 Å². The molecular formula is C6H12NO. The molecule has 1 fully saturated rings. The van der Waals surface area contributed by atoms with E-state index in [1.54, 1.807) is 0 Å². The second-order valence-electron chi connectivity index (χ2n) is 2.08. The second-order valence-corrected chi connectivity index (χ2v) is 2.08. The van der Waals surface area contributed by atoms with Crippen molar-refractivity contribution in [2.75, 3.05) is 26.3 Å². The minimum atomic E-state index is 0.851. The summed E-state index contributed by atoms with van der Waals surface area (Å²) in [5, 5.41) is 0. The molecule has 0 aromatic heterocycles. The molecule has 0 unspecified atom stereocenters.